The maximum atomic E-state index is 12.2. The van der Waals surface area contributed by atoms with Gasteiger partial charge in [-0.1, -0.05) is 0 Å². The number of carbonyl (C=O) groups is 1. The van der Waals surface area contributed by atoms with Crippen LogP contribution in [0, 0.1) is 0 Å². The summed E-state index contributed by atoms with van der Waals surface area (Å²) >= 11 is 4.55. The molecule has 0 atom stereocenters. The first kappa shape index (κ1) is 11.1. The molecule has 0 radical (unpaired) electrons. The number of halogens is 3. The molecule has 0 saturated carbocycles. The molecule has 1 heterocycles. The molecule has 1 rings (SSSR count). The Kier molecular flexibility index (Phi) is 3.21. The van der Waals surface area contributed by atoms with Gasteiger partial charge in [0.05, 0.1) is 0 Å². The van der Waals surface area contributed by atoms with E-state index in [-0.39, 0.29) is 12.8 Å². The van der Waals surface area contributed by atoms with Gasteiger partial charge in [0.15, 0.2) is 0 Å². The normalized spacial score (nSPS) is 11.7. The molecule has 0 saturated heterocycles. The molecule has 1 aromatic heterocycles. The molecular formula is C8H9ClF2N2O. The summed E-state index contributed by atoms with van der Waals surface area (Å²) in [6, 6.07) is 0. The SMILES string of the molecule is Cn1ccnc1CCC(=O)C(F)(F)Cl. The highest BCUT2D eigenvalue weighted by Crippen LogP contribution is 2.22. The molecule has 0 aliphatic heterocycles. The van der Waals surface area contributed by atoms with Crippen LogP contribution < -0.4 is 0 Å². The first-order valence-electron chi connectivity index (χ1n) is 3.97. The summed E-state index contributed by atoms with van der Waals surface area (Å²) in [5.41, 5.74) is 0. The molecule has 0 unspecified atom stereocenters. The Labute approximate surface area is 84.7 Å². The van der Waals surface area contributed by atoms with E-state index < -0.39 is 11.2 Å². The van der Waals surface area contributed by atoms with Gasteiger partial charge >= 0.3 is 5.38 Å². The first-order valence-corrected chi connectivity index (χ1v) is 4.35. The van der Waals surface area contributed by atoms with E-state index in [1.165, 1.54) is 0 Å². The average Bonchev–Trinajstić information content (AvgIpc) is 2.45. The Bertz CT molecular complexity index is 332. The third-order valence-electron chi connectivity index (χ3n) is 1.81. The zero-order valence-corrected chi connectivity index (χ0v) is 8.26. The molecule has 0 bridgehead atoms. The fraction of sp³-hybridized carbons (Fsp3) is 0.500. The topological polar surface area (TPSA) is 34.9 Å². The van der Waals surface area contributed by atoms with E-state index in [1.54, 1.807) is 24.0 Å². The number of rotatable bonds is 4. The van der Waals surface area contributed by atoms with Crippen molar-refractivity contribution in [1.82, 2.24) is 9.55 Å². The smallest absolute Gasteiger partial charge is 0.338 e. The van der Waals surface area contributed by atoms with Gasteiger partial charge in [0.2, 0.25) is 5.78 Å². The van der Waals surface area contributed by atoms with E-state index in [9.17, 15) is 13.6 Å². The van der Waals surface area contributed by atoms with Crippen LogP contribution in [0.15, 0.2) is 12.4 Å². The molecule has 0 aliphatic rings. The lowest BCUT2D eigenvalue weighted by Gasteiger charge is -2.05. The van der Waals surface area contributed by atoms with Crippen molar-refractivity contribution in [2.75, 3.05) is 0 Å². The number of imidazole rings is 1. The van der Waals surface area contributed by atoms with Crippen LogP contribution in [-0.2, 0) is 18.3 Å². The van der Waals surface area contributed by atoms with Gasteiger partial charge in [-0.15, -0.1) is 0 Å². The second-order valence-corrected chi connectivity index (χ2v) is 3.35. The summed E-state index contributed by atoms with van der Waals surface area (Å²) in [6.07, 6.45) is 3.09. The minimum Gasteiger partial charge on any atom is -0.338 e. The molecule has 0 aromatic carbocycles. The second-order valence-electron chi connectivity index (χ2n) is 2.88. The lowest BCUT2D eigenvalue weighted by atomic mass is 10.2. The Balaban J connectivity index is 2.50. The molecule has 1 aromatic rings. The van der Waals surface area contributed by atoms with Crippen molar-refractivity contribution >= 4 is 17.4 Å². The summed E-state index contributed by atoms with van der Waals surface area (Å²) in [5.74, 6) is -0.693. The molecular weight excluding hydrogens is 214 g/mol. The van der Waals surface area contributed by atoms with Crippen LogP contribution in [0.2, 0.25) is 0 Å². The number of hydrogen-bond acceptors (Lipinski definition) is 2. The van der Waals surface area contributed by atoms with Crippen molar-refractivity contribution in [2.24, 2.45) is 7.05 Å². The molecule has 14 heavy (non-hydrogen) atoms. The Hall–Kier alpha value is -0.970. The van der Waals surface area contributed by atoms with Crippen LogP contribution >= 0.6 is 11.6 Å². The Morgan fingerprint density at radius 2 is 2.36 bits per heavy atom. The highest BCUT2D eigenvalue weighted by molar-refractivity contribution is 6.32. The lowest BCUT2D eigenvalue weighted by molar-refractivity contribution is -0.133. The van der Waals surface area contributed by atoms with E-state index in [1.807, 2.05) is 0 Å². The van der Waals surface area contributed by atoms with Crippen molar-refractivity contribution in [3.8, 4) is 0 Å². The van der Waals surface area contributed by atoms with Crippen molar-refractivity contribution in [2.45, 2.75) is 18.2 Å². The third kappa shape index (κ3) is 2.77. The van der Waals surface area contributed by atoms with Crippen molar-refractivity contribution in [3.05, 3.63) is 18.2 Å². The van der Waals surface area contributed by atoms with E-state index in [0.29, 0.717) is 5.82 Å². The average molecular weight is 223 g/mol. The number of nitrogens with zero attached hydrogens (tertiary/aromatic N) is 2. The van der Waals surface area contributed by atoms with Crippen molar-refractivity contribution < 1.29 is 13.6 Å². The molecule has 0 spiro atoms. The van der Waals surface area contributed by atoms with Crippen LogP contribution in [0.3, 0.4) is 0 Å². The minimum absolute atomic E-state index is 0.171. The summed E-state index contributed by atoms with van der Waals surface area (Å²) in [4.78, 5) is 14.6. The summed E-state index contributed by atoms with van der Waals surface area (Å²) in [7, 11) is 1.73. The molecule has 0 fully saturated rings. The quantitative estimate of drug-likeness (QED) is 0.728. The number of carbonyl (C=O) groups excluding carboxylic acids is 1. The van der Waals surface area contributed by atoms with Gasteiger partial charge in [-0.3, -0.25) is 4.79 Å². The standard InChI is InChI=1S/C8H9ClF2N2O/c1-13-5-4-12-7(13)3-2-6(14)8(9,10)11/h4-5H,2-3H2,1H3. The van der Waals surface area contributed by atoms with Gasteiger partial charge in [-0.2, -0.15) is 8.78 Å². The van der Waals surface area contributed by atoms with E-state index in [2.05, 4.69) is 16.6 Å². The fourth-order valence-corrected chi connectivity index (χ4v) is 1.10. The highest BCUT2D eigenvalue weighted by Gasteiger charge is 2.34. The van der Waals surface area contributed by atoms with E-state index in [0.717, 1.165) is 0 Å². The molecule has 0 N–H and O–H groups in total. The number of Topliss-reactive ketones (excluding diaryl/α,β-unsaturated/α-hetero) is 1. The summed E-state index contributed by atoms with van der Waals surface area (Å²) in [6.45, 7) is 0. The van der Waals surface area contributed by atoms with Gasteiger partial charge in [-0.25, -0.2) is 4.98 Å². The lowest BCUT2D eigenvalue weighted by Crippen LogP contribution is -2.22. The molecule has 78 valence electrons. The van der Waals surface area contributed by atoms with Crippen LogP contribution in [0.5, 0.6) is 0 Å². The monoisotopic (exact) mass is 222 g/mol. The van der Waals surface area contributed by atoms with E-state index >= 15 is 0 Å². The van der Waals surface area contributed by atoms with Crippen molar-refractivity contribution in [1.29, 1.82) is 0 Å². The fourth-order valence-electron chi connectivity index (χ4n) is 1.00. The molecule has 0 aliphatic carbocycles. The second kappa shape index (κ2) is 4.04. The van der Waals surface area contributed by atoms with Crippen LogP contribution in [0.1, 0.15) is 12.2 Å². The number of aryl methyl sites for hydroxylation is 2. The molecule has 3 nitrogen and oxygen atoms in total. The first-order chi connectivity index (χ1) is 6.41. The summed E-state index contributed by atoms with van der Waals surface area (Å²) < 4.78 is 26.1. The third-order valence-corrected chi connectivity index (χ3v) is 2.02. The van der Waals surface area contributed by atoms with Gasteiger partial charge in [-0.05, 0) is 11.6 Å². The predicted molar refractivity (Wildman–Crippen MR) is 47.3 cm³/mol. The largest absolute Gasteiger partial charge is 0.380 e. The number of hydrogen-bond donors (Lipinski definition) is 0. The van der Waals surface area contributed by atoms with Gasteiger partial charge in [0, 0.05) is 32.3 Å². The Morgan fingerprint density at radius 3 is 2.79 bits per heavy atom. The zero-order chi connectivity index (χ0) is 10.8. The van der Waals surface area contributed by atoms with Gasteiger partial charge in [0.25, 0.3) is 0 Å². The molecule has 0 amide bonds. The maximum absolute atomic E-state index is 12.2. The minimum atomic E-state index is -3.76. The van der Waals surface area contributed by atoms with E-state index in [4.69, 9.17) is 0 Å². The predicted octanol–water partition coefficient (Wildman–Crippen LogP) is 1.75. The van der Waals surface area contributed by atoms with Gasteiger partial charge in [0.1, 0.15) is 5.82 Å². The number of alkyl halides is 3. The number of aromatic nitrogens is 2. The molecule has 6 heteroatoms. The zero-order valence-electron chi connectivity index (χ0n) is 7.51. The van der Waals surface area contributed by atoms with Crippen LogP contribution in [0.25, 0.3) is 0 Å². The maximum Gasteiger partial charge on any atom is 0.380 e. The highest BCUT2D eigenvalue weighted by atomic mass is 35.5. The van der Waals surface area contributed by atoms with Gasteiger partial charge < -0.3 is 4.57 Å². The summed E-state index contributed by atoms with van der Waals surface area (Å²) in [5, 5.41) is -3.76. The Morgan fingerprint density at radius 1 is 1.71 bits per heavy atom. The van der Waals surface area contributed by atoms with Crippen LogP contribution in [-0.4, -0.2) is 20.7 Å². The number of ketones is 1. The van der Waals surface area contributed by atoms with Crippen molar-refractivity contribution in [3.63, 3.8) is 0 Å². The van der Waals surface area contributed by atoms with Crippen LogP contribution in [0.4, 0.5) is 8.78 Å².